The molecule has 0 aliphatic carbocycles. The normalized spacial score (nSPS) is 13.8. The topological polar surface area (TPSA) is 23.5 Å². The zero-order chi connectivity index (χ0) is 15.6. The number of hydrogen-bond acceptors (Lipinski definition) is 2. The summed E-state index contributed by atoms with van der Waals surface area (Å²) in [6, 6.07) is 12.1. The van der Waals surface area contributed by atoms with E-state index in [1.54, 1.807) is 31.0 Å². The maximum Gasteiger partial charge on any atom is 0.146 e. The minimum absolute atomic E-state index is 0.118. The average Bonchev–Trinajstić information content (AvgIpc) is 2.46. The van der Waals surface area contributed by atoms with Gasteiger partial charge in [-0.15, -0.1) is 0 Å². The van der Waals surface area contributed by atoms with Crippen LogP contribution in [0, 0.1) is 5.82 Å². The quantitative estimate of drug-likeness (QED) is 0.882. The highest BCUT2D eigenvalue weighted by atomic mass is 35.5. The van der Waals surface area contributed by atoms with E-state index in [0.717, 1.165) is 5.56 Å². The third-order valence-corrected chi connectivity index (χ3v) is 4.10. The number of benzene rings is 2. The van der Waals surface area contributed by atoms with Gasteiger partial charge in [-0.1, -0.05) is 41.9 Å². The van der Waals surface area contributed by atoms with Crippen molar-refractivity contribution in [3.05, 3.63) is 64.4 Å². The maximum atomic E-state index is 14.3. The van der Waals surface area contributed by atoms with E-state index >= 15 is 0 Å². The monoisotopic (exact) mass is 307 g/mol. The highest BCUT2D eigenvalue weighted by molar-refractivity contribution is 6.31. The Morgan fingerprint density at radius 3 is 2.29 bits per heavy atom. The van der Waals surface area contributed by atoms with E-state index < -0.39 is 6.10 Å². The molecule has 0 saturated carbocycles. The van der Waals surface area contributed by atoms with Gasteiger partial charge in [0, 0.05) is 17.6 Å². The van der Waals surface area contributed by atoms with Crippen molar-refractivity contribution in [1.29, 1.82) is 0 Å². The number of rotatable bonds is 4. The fourth-order valence-electron chi connectivity index (χ4n) is 2.46. The molecule has 112 valence electrons. The van der Waals surface area contributed by atoms with Gasteiger partial charge in [-0.25, -0.2) is 4.39 Å². The second-order valence-corrected chi connectivity index (χ2v) is 5.57. The van der Waals surface area contributed by atoms with Gasteiger partial charge in [-0.3, -0.25) is 0 Å². The van der Waals surface area contributed by atoms with Gasteiger partial charge in [0.2, 0.25) is 0 Å². The van der Waals surface area contributed by atoms with Crippen molar-refractivity contribution in [3.63, 3.8) is 0 Å². The van der Waals surface area contributed by atoms with E-state index in [9.17, 15) is 9.50 Å². The Morgan fingerprint density at radius 1 is 1.05 bits per heavy atom. The third-order valence-electron chi connectivity index (χ3n) is 3.76. The van der Waals surface area contributed by atoms with Gasteiger partial charge < -0.3 is 10.0 Å². The van der Waals surface area contributed by atoms with E-state index in [2.05, 4.69) is 0 Å². The van der Waals surface area contributed by atoms with Gasteiger partial charge in [0.15, 0.2) is 0 Å². The molecule has 21 heavy (non-hydrogen) atoms. The molecule has 0 fully saturated rings. The Balaban J connectivity index is 2.45. The lowest BCUT2D eigenvalue weighted by molar-refractivity contribution is 0.199. The summed E-state index contributed by atoms with van der Waals surface area (Å²) in [5, 5.41) is 10.5. The first kappa shape index (κ1) is 15.8. The Labute approximate surface area is 129 Å². The summed E-state index contributed by atoms with van der Waals surface area (Å²) < 4.78 is 14.3. The number of aliphatic hydroxyl groups is 1. The Morgan fingerprint density at radius 2 is 1.67 bits per heavy atom. The SMILES string of the molecule is CC(c1ccccc1Cl)N(C)c1c(F)cccc1[C@@H](C)O. The molecule has 1 unspecified atom stereocenters. The average molecular weight is 308 g/mol. The summed E-state index contributed by atoms with van der Waals surface area (Å²) in [5.74, 6) is -0.352. The molecule has 0 aliphatic rings. The number of anilines is 1. The second kappa shape index (κ2) is 6.46. The predicted molar refractivity (Wildman–Crippen MR) is 85.3 cm³/mol. The highest BCUT2D eigenvalue weighted by Crippen LogP contribution is 2.35. The van der Waals surface area contributed by atoms with E-state index in [-0.39, 0.29) is 11.9 Å². The van der Waals surface area contributed by atoms with Gasteiger partial charge in [0.1, 0.15) is 5.82 Å². The molecular formula is C17H19ClFNO. The lowest BCUT2D eigenvalue weighted by Crippen LogP contribution is -2.24. The van der Waals surface area contributed by atoms with Gasteiger partial charge in [0.25, 0.3) is 0 Å². The van der Waals surface area contributed by atoms with Crippen LogP contribution in [0.1, 0.15) is 37.1 Å². The summed E-state index contributed by atoms with van der Waals surface area (Å²) in [4.78, 5) is 1.80. The molecule has 0 heterocycles. The molecule has 0 radical (unpaired) electrons. The predicted octanol–water partition coefficient (Wildman–Crippen LogP) is 4.73. The van der Waals surface area contributed by atoms with Crippen LogP contribution in [0.2, 0.25) is 5.02 Å². The second-order valence-electron chi connectivity index (χ2n) is 5.16. The molecule has 0 aromatic heterocycles. The van der Waals surface area contributed by atoms with Crippen LogP contribution in [-0.2, 0) is 0 Å². The molecule has 1 N–H and O–H groups in total. The van der Waals surface area contributed by atoms with E-state index in [1.807, 2.05) is 31.2 Å². The summed E-state index contributed by atoms with van der Waals surface area (Å²) in [7, 11) is 1.80. The van der Waals surface area contributed by atoms with Crippen LogP contribution in [0.25, 0.3) is 0 Å². The molecule has 0 bridgehead atoms. The molecule has 2 aromatic rings. The molecule has 2 nitrogen and oxygen atoms in total. The van der Waals surface area contributed by atoms with Crippen molar-refractivity contribution >= 4 is 17.3 Å². The van der Waals surface area contributed by atoms with Crippen LogP contribution in [-0.4, -0.2) is 12.2 Å². The molecule has 0 saturated heterocycles. The standard InChI is InChI=1S/C17H19ClFNO/c1-11(13-7-4-5-9-15(13)18)20(3)17-14(12(2)21)8-6-10-16(17)19/h4-12,21H,1-3H3/t11?,12-/m1/s1. The molecule has 4 heteroatoms. The van der Waals surface area contributed by atoms with Crippen molar-refractivity contribution in [1.82, 2.24) is 0 Å². The van der Waals surface area contributed by atoms with Crippen molar-refractivity contribution < 1.29 is 9.50 Å². The number of aliphatic hydroxyl groups excluding tert-OH is 1. The van der Waals surface area contributed by atoms with E-state index in [1.165, 1.54) is 6.07 Å². The lowest BCUT2D eigenvalue weighted by Gasteiger charge is -2.30. The maximum absolute atomic E-state index is 14.3. The molecule has 0 amide bonds. The van der Waals surface area contributed by atoms with Crippen LogP contribution in [0.15, 0.2) is 42.5 Å². The molecule has 2 aromatic carbocycles. The zero-order valence-electron chi connectivity index (χ0n) is 12.3. The number of hydrogen-bond donors (Lipinski definition) is 1. The van der Waals surface area contributed by atoms with Gasteiger partial charge in [-0.2, -0.15) is 0 Å². The zero-order valence-corrected chi connectivity index (χ0v) is 13.1. The van der Waals surface area contributed by atoms with Crippen molar-refractivity contribution in [2.45, 2.75) is 26.0 Å². The van der Waals surface area contributed by atoms with Crippen LogP contribution < -0.4 is 4.90 Å². The van der Waals surface area contributed by atoms with Crippen LogP contribution in [0.3, 0.4) is 0 Å². The summed E-state index contributed by atoms with van der Waals surface area (Å²) in [6.45, 7) is 3.59. The number of halogens is 2. The Hall–Kier alpha value is -1.58. The molecule has 2 rings (SSSR count). The Bertz CT molecular complexity index is 630. The first-order valence-corrected chi connectivity index (χ1v) is 7.25. The van der Waals surface area contributed by atoms with E-state index in [4.69, 9.17) is 11.6 Å². The van der Waals surface area contributed by atoms with Gasteiger partial charge in [0.05, 0.1) is 17.8 Å². The lowest BCUT2D eigenvalue weighted by atomic mass is 10.0. The smallest absolute Gasteiger partial charge is 0.146 e. The third kappa shape index (κ3) is 3.20. The first-order valence-electron chi connectivity index (χ1n) is 6.87. The van der Waals surface area contributed by atoms with Crippen LogP contribution in [0.5, 0.6) is 0 Å². The number of para-hydroxylation sites is 1. The minimum atomic E-state index is -0.739. The summed E-state index contributed by atoms with van der Waals surface area (Å²) in [6.07, 6.45) is -0.739. The van der Waals surface area contributed by atoms with Crippen LogP contribution in [0.4, 0.5) is 10.1 Å². The molecular weight excluding hydrogens is 289 g/mol. The van der Waals surface area contributed by atoms with Crippen LogP contribution >= 0.6 is 11.6 Å². The van der Waals surface area contributed by atoms with Crippen molar-refractivity contribution in [2.24, 2.45) is 0 Å². The van der Waals surface area contributed by atoms with Crippen molar-refractivity contribution in [2.75, 3.05) is 11.9 Å². The van der Waals surface area contributed by atoms with Gasteiger partial charge in [-0.05, 0) is 31.5 Å². The fraction of sp³-hybridized carbons (Fsp3) is 0.294. The molecule has 0 aliphatic heterocycles. The van der Waals surface area contributed by atoms with E-state index in [0.29, 0.717) is 16.3 Å². The van der Waals surface area contributed by atoms with Gasteiger partial charge >= 0.3 is 0 Å². The Kier molecular flexibility index (Phi) is 4.86. The number of nitrogens with zero attached hydrogens (tertiary/aromatic N) is 1. The van der Waals surface area contributed by atoms with Crippen molar-refractivity contribution in [3.8, 4) is 0 Å². The minimum Gasteiger partial charge on any atom is -0.389 e. The fourth-order valence-corrected chi connectivity index (χ4v) is 2.75. The molecule has 2 atom stereocenters. The summed E-state index contributed by atoms with van der Waals surface area (Å²) >= 11 is 6.22. The molecule has 0 spiro atoms. The first-order chi connectivity index (χ1) is 9.93. The largest absolute Gasteiger partial charge is 0.389 e. The summed E-state index contributed by atoms with van der Waals surface area (Å²) in [5.41, 5.74) is 1.89. The highest BCUT2D eigenvalue weighted by Gasteiger charge is 2.22.